The Hall–Kier alpha value is -1.01. The lowest BCUT2D eigenvalue weighted by molar-refractivity contribution is -0.149. The van der Waals surface area contributed by atoms with Crippen LogP contribution in [0.3, 0.4) is 0 Å². The van der Waals surface area contributed by atoms with Gasteiger partial charge in [0, 0.05) is 0 Å². The Kier molecular flexibility index (Phi) is 5.20. The molecule has 0 bridgehead atoms. The van der Waals surface area contributed by atoms with E-state index in [1.165, 1.54) is 0 Å². The predicted octanol–water partition coefficient (Wildman–Crippen LogP) is 1.28. The molecule has 0 amide bonds. The van der Waals surface area contributed by atoms with Gasteiger partial charge >= 0.3 is 5.97 Å². The molecule has 0 unspecified atom stereocenters. The van der Waals surface area contributed by atoms with Gasteiger partial charge in [-0.15, -0.1) is 5.92 Å². The summed E-state index contributed by atoms with van der Waals surface area (Å²) in [7, 11) is 0. The minimum absolute atomic E-state index is 0.0290. The van der Waals surface area contributed by atoms with Crippen molar-refractivity contribution in [2.24, 2.45) is 5.92 Å². The molecule has 1 saturated heterocycles. The molecule has 3 heteroatoms. The van der Waals surface area contributed by atoms with E-state index in [4.69, 9.17) is 4.74 Å². The minimum atomic E-state index is -0.0290. The highest BCUT2D eigenvalue weighted by molar-refractivity contribution is 5.72. The van der Waals surface area contributed by atoms with Gasteiger partial charge in [0.25, 0.3) is 0 Å². The van der Waals surface area contributed by atoms with E-state index < -0.39 is 0 Å². The van der Waals surface area contributed by atoms with Gasteiger partial charge < -0.3 is 4.74 Å². The third-order valence-corrected chi connectivity index (χ3v) is 2.69. The van der Waals surface area contributed by atoms with E-state index >= 15 is 0 Å². The molecule has 0 aliphatic carbocycles. The molecule has 3 nitrogen and oxygen atoms in total. The number of carbonyl (C=O) groups excluding carboxylic acids is 1. The Morgan fingerprint density at radius 3 is 2.67 bits per heavy atom. The van der Waals surface area contributed by atoms with Crippen LogP contribution in [0.4, 0.5) is 0 Å². The first-order chi connectivity index (χ1) is 7.27. The number of piperidine rings is 1. The molecular formula is C12H19NO2. The molecule has 0 aromatic rings. The van der Waals surface area contributed by atoms with Crippen LogP contribution in [-0.2, 0) is 9.53 Å². The smallest absolute Gasteiger partial charge is 0.309 e. The van der Waals surface area contributed by atoms with Crippen molar-refractivity contribution >= 4 is 5.97 Å². The lowest BCUT2D eigenvalue weighted by Gasteiger charge is -2.29. The summed E-state index contributed by atoms with van der Waals surface area (Å²) in [5.41, 5.74) is 0. The Morgan fingerprint density at radius 2 is 2.13 bits per heavy atom. The number of ether oxygens (including phenoxy) is 1. The van der Waals surface area contributed by atoms with Crippen LogP contribution >= 0.6 is 0 Å². The lowest BCUT2D eigenvalue weighted by atomic mass is 9.97. The summed E-state index contributed by atoms with van der Waals surface area (Å²) in [6.07, 6.45) is 1.81. The second-order valence-corrected chi connectivity index (χ2v) is 3.73. The maximum absolute atomic E-state index is 11.5. The second kappa shape index (κ2) is 6.47. The molecule has 0 N–H and O–H groups in total. The van der Waals surface area contributed by atoms with Gasteiger partial charge in [-0.25, -0.2) is 0 Å². The average molecular weight is 209 g/mol. The van der Waals surface area contributed by atoms with Crippen molar-refractivity contribution in [2.75, 3.05) is 26.2 Å². The third kappa shape index (κ3) is 3.93. The van der Waals surface area contributed by atoms with Crippen LogP contribution in [0.15, 0.2) is 0 Å². The van der Waals surface area contributed by atoms with Crippen LogP contribution in [0.2, 0.25) is 0 Å². The fourth-order valence-electron chi connectivity index (χ4n) is 1.78. The van der Waals surface area contributed by atoms with E-state index in [1.54, 1.807) is 0 Å². The van der Waals surface area contributed by atoms with Crippen LogP contribution in [0.5, 0.6) is 0 Å². The summed E-state index contributed by atoms with van der Waals surface area (Å²) in [5, 5.41) is 0. The van der Waals surface area contributed by atoms with E-state index in [0.29, 0.717) is 6.61 Å². The first kappa shape index (κ1) is 12.1. The molecule has 15 heavy (non-hydrogen) atoms. The first-order valence-electron chi connectivity index (χ1n) is 5.56. The summed E-state index contributed by atoms with van der Waals surface area (Å²) in [5.74, 6) is 6.01. The number of hydrogen-bond acceptors (Lipinski definition) is 3. The van der Waals surface area contributed by atoms with Crippen LogP contribution < -0.4 is 0 Å². The normalized spacial score (nSPS) is 18.0. The van der Waals surface area contributed by atoms with E-state index in [1.807, 2.05) is 13.8 Å². The molecule has 0 radical (unpaired) electrons. The van der Waals surface area contributed by atoms with Gasteiger partial charge in [0.1, 0.15) is 0 Å². The summed E-state index contributed by atoms with van der Waals surface area (Å²) in [6.45, 7) is 6.93. The third-order valence-electron chi connectivity index (χ3n) is 2.69. The summed E-state index contributed by atoms with van der Waals surface area (Å²) < 4.78 is 5.01. The molecule has 1 heterocycles. The van der Waals surface area contributed by atoms with Crippen molar-refractivity contribution in [1.29, 1.82) is 0 Å². The molecule has 84 valence electrons. The summed E-state index contributed by atoms with van der Waals surface area (Å²) in [4.78, 5) is 13.7. The maximum Gasteiger partial charge on any atom is 0.309 e. The van der Waals surface area contributed by atoms with Crippen molar-refractivity contribution in [2.45, 2.75) is 26.7 Å². The maximum atomic E-state index is 11.5. The Bertz CT molecular complexity index is 257. The summed E-state index contributed by atoms with van der Waals surface area (Å²) in [6, 6.07) is 0. The zero-order valence-electron chi connectivity index (χ0n) is 9.58. The van der Waals surface area contributed by atoms with E-state index in [2.05, 4.69) is 16.7 Å². The van der Waals surface area contributed by atoms with E-state index in [0.717, 1.165) is 32.5 Å². The average Bonchev–Trinajstić information content (AvgIpc) is 2.27. The molecule has 1 rings (SSSR count). The van der Waals surface area contributed by atoms with Crippen molar-refractivity contribution in [3.8, 4) is 11.8 Å². The van der Waals surface area contributed by atoms with Crippen molar-refractivity contribution in [1.82, 2.24) is 4.90 Å². The van der Waals surface area contributed by atoms with Gasteiger partial charge in [-0.2, -0.15) is 0 Å². The first-order valence-corrected chi connectivity index (χ1v) is 5.56. The standard InChI is InChI=1S/C12H19NO2/c1-3-5-8-13-9-6-11(7-10-13)12(14)15-4-2/h11H,4,6-10H2,1-2H3. The van der Waals surface area contributed by atoms with Gasteiger partial charge in [-0.3, -0.25) is 9.69 Å². The number of carbonyl (C=O) groups is 1. The fraction of sp³-hybridized carbons (Fsp3) is 0.750. The summed E-state index contributed by atoms with van der Waals surface area (Å²) >= 11 is 0. The Morgan fingerprint density at radius 1 is 1.47 bits per heavy atom. The monoisotopic (exact) mass is 209 g/mol. The van der Waals surface area contributed by atoms with Crippen LogP contribution in [0, 0.1) is 17.8 Å². The van der Waals surface area contributed by atoms with Crippen LogP contribution in [0.1, 0.15) is 26.7 Å². The van der Waals surface area contributed by atoms with Gasteiger partial charge in [-0.1, -0.05) is 5.92 Å². The highest BCUT2D eigenvalue weighted by Gasteiger charge is 2.25. The van der Waals surface area contributed by atoms with Crippen LogP contribution in [-0.4, -0.2) is 37.1 Å². The number of likely N-dealkylation sites (tertiary alicyclic amines) is 1. The molecule has 0 atom stereocenters. The highest BCUT2D eigenvalue weighted by atomic mass is 16.5. The Labute approximate surface area is 91.8 Å². The van der Waals surface area contributed by atoms with Crippen molar-refractivity contribution in [3.05, 3.63) is 0 Å². The molecule has 0 aromatic heterocycles. The van der Waals surface area contributed by atoms with Crippen LogP contribution in [0.25, 0.3) is 0 Å². The zero-order valence-corrected chi connectivity index (χ0v) is 9.58. The predicted molar refractivity (Wildman–Crippen MR) is 59.2 cm³/mol. The quantitative estimate of drug-likeness (QED) is 0.518. The van der Waals surface area contributed by atoms with E-state index in [-0.39, 0.29) is 11.9 Å². The topological polar surface area (TPSA) is 29.5 Å². The molecule has 1 fully saturated rings. The lowest BCUT2D eigenvalue weighted by Crippen LogP contribution is -2.37. The second-order valence-electron chi connectivity index (χ2n) is 3.73. The van der Waals surface area contributed by atoms with Gasteiger partial charge in [0.2, 0.25) is 0 Å². The molecule has 0 aromatic carbocycles. The van der Waals surface area contributed by atoms with E-state index in [9.17, 15) is 4.79 Å². The minimum Gasteiger partial charge on any atom is -0.466 e. The van der Waals surface area contributed by atoms with Gasteiger partial charge in [0.15, 0.2) is 0 Å². The number of hydrogen-bond donors (Lipinski definition) is 0. The highest BCUT2D eigenvalue weighted by Crippen LogP contribution is 2.18. The zero-order chi connectivity index (χ0) is 11.1. The molecule has 1 aliphatic rings. The molecule has 0 saturated carbocycles. The number of esters is 1. The van der Waals surface area contributed by atoms with Gasteiger partial charge in [0.05, 0.1) is 19.1 Å². The SMILES string of the molecule is CC#CCN1CCC(C(=O)OCC)CC1. The number of rotatable bonds is 3. The molecule has 1 aliphatic heterocycles. The largest absolute Gasteiger partial charge is 0.466 e. The number of nitrogens with zero attached hydrogens (tertiary/aromatic N) is 1. The van der Waals surface area contributed by atoms with Crippen molar-refractivity contribution < 1.29 is 9.53 Å². The fourth-order valence-corrected chi connectivity index (χ4v) is 1.78. The molecular weight excluding hydrogens is 190 g/mol. The Balaban J connectivity index is 2.28. The molecule has 0 spiro atoms. The van der Waals surface area contributed by atoms with Gasteiger partial charge in [-0.05, 0) is 39.8 Å². The van der Waals surface area contributed by atoms with Crippen molar-refractivity contribution in [3.63, 3.8) is 0 Å².